The molecule has 46 heavy (non-hydrogen) atoms. The Hall–Kier alpha value is -2.99. The number of anilines is 1. The standard InChI is InChI=1S/C32H33Cl3F3N3O4S/c1-3-29(31(43)39-21-7-4-5-8-21)40(18-24-26(33)9-6-10-27(24)34)30(42)19-41(46(44,45)23-14-11-20(2)12-15-23)22-13-16-28(35)25(17-22)32(36,37)38/h6,9-17,21,29H,3-5,7-8,18-19H2,1-2H3,(H,39,43)/t29-/m0/s1. The SMILES string of the molecule is CC[C@@H](C(=O)NC1CCCC1)N(Cc1c(Cl)cccc1Cl)C(=O)CN(c1ccc(Cl)c(C(F)(F)F)c1)S(=O)(=O)c1ccc(C)cc1. The van der Waals surface area contributed by atoms with Crippen molar-refractivity contribution in [3.05, 3.63) is 92.4 Å². The Kier molecular flexibility index (Phi) is 11.6. The van der Waals surface area contributed by atoms with E-state index in [4.69, 9.17) is 34.8 Å². The highest BCUT2D eigenvalue weighted by Gasteiger charge is 2.38. The first-order chi connectivity index (χ1) is 21.6. The van der Waals surface area contributed by atoms with Gasteiger partial charge in [-0.3, -0.25) is 13.9 Å². The lowest BCUT2D eigenvalue weighted by Crippen LogP contribution is -2.53. The molecule has 0 saturated heterocycles. The van der Waals surface area contributed by atoms with Crippen molar-refractivity contribution in [1.29, 1.82) is 0 Å². The molecule has 4 rings (SSSR count). The maximum absolute atomic E-state index is 14.3. The average Bonchev–Trinajstić information content (AvgIpc) is 3.50. The molecule has 2 amide bonds. The first kappa shape index (κ1) is 35.9. The van der Waals surface area contributed by atoms with Crippen molar-refractivity contribution in [2.45, 2.75) is 75.7 Å². The molecule has 0 radical (unpaired) electrons. The summed E-state index contributed by atoms with van der Waals surface area (Å²) in [5.41, 5.74) is -0.644. The molecule has 1 N–H and O–H groups in total. The summed E-state index contributed by atoms with van der Waals surface area (Å²) in [7, 11) is -4.61. The molecule has 0 aromatic heterocycles. The average molecular weight is 719 g/mol. The summed E-state index contributed by atoms with van der Waals surface area (Å²) in [6.45, 7) is 2.24. The first-order valence-corrected chi connectivity index (χ1v) is 17.2. The van der Waals surface area contributed by atoms with Crippen LogP contribution in [0.1, 0.15) is 55.7 Å². The monoisotopic (exact) mass is 717 g/mol. The van der Waals surface area contributed by atoms with Gasteiger partial charge in [-0.2, -0.15) is 13.2 Å². The van der Waals surface area contributed by atoms with Crippen LogP contribution in [-0.2, 0) is 32.3 Å². The van der Waals surface area contributed by atoms with Crippen molar-refractivity contribution < 1.29 is 31.2 Å². The molecular weight excluding hydrogens is 686 g/mol. The van der Waals surface area contributed by atoms with Crippen molar-refractivity contribution in [2.75, 3.05) is 10.8 Å². The van der Waals surface area contributed by atoms with Crippen molar-refractivity contribution >= 4 is 62.3 Å². The van der Waals surface area contributed by atoms with Crippen molar-refractivity contribution in [2.24, 2.45) is 0 Å². The van der Waals surface area contributed by atoms with Crippen LogP contribution in [-0.4, -0.2) is 43.8 Å². The number of hydrogen-bond acceptors (Lipinski definition) is 4. The summed E-state index contributed by atoms with van der Waals surface area (Å²) in [6, 6.07) is 11.8. The van der Waals surface area contributed by atoms with Crippen LogP contribution < -0.4 is 9.62 Å². The molecule has 0 unspecified atom stereocenters. The number of sulfonamides is 1. The molecule has 14 heteroatoms. The van der Waals surface area contributed by atoms with E-state index in [1.54, 1.807) is 32.0 Å². The van der Waals surface area contributed by atoms with Crippen LogP contribution >= 0.6 is 34.8 Å². The van der Waals surface area contributed by atoms with E-state index in [1.807, 2.05) is 0 Å². The van der Waals surface area contributed by atoms with Gasteiger partial charge in [-0.1, -0.05) is 78.3 Å². The molecule has 1 fully saturated rings. The third-order valence-electron chi connectivity index (χ3n) is 7.91. The van der Waals surface area contributed by atoms with Gasteiger partial charge in [-0.05, 0) is 68.7 Å². The van der Waals surface area contributed by atoms with Gasteiger partial charge >= 0.3 is 6.18 Å². The number of nitrogens with one attached hydrogen (secondary N) is 1. The fraction of sp³-hybridized carbons (Fsp3) is 0.375. The van der Waals surface area contributed by atoms with E-state index >= 15 is 0 Å². The Morgan fingerprint density at radius 2 is 1.57 bits per heavy atom. The smallest absolute Gasteiger partial charge is 0.352 e. The highest BCUT2D eigenvalue weighted by Crippen LogP contribution is 2.38. The van der Waals surface area contributed by atoms with Gasteiger partial charge in [0.2, 0.25) is 11.8 Å². The highest BCUT2D eigenvalue weighted by molar-refractivity contribution is 7.92. The summed E-state index contributed by atoms with van der Waals surface area (Å²) in [6.07, 6.45) is -1.29. The predicted octanol–water partition coefficient (Wildman–Crippen LogP) is 8.04. The largest absolute Gasteiger partial charge is 0.417 e. The molecule has 7 nitrogen and oxygen atoms in total. The number of benzene rings is 3. The Morgan fingerprint density at radius 1 is 0.957 bits per heavy atom. The Balaban J connectivity index is 1.81. The van der Waals surface area contributed by atoms with Gasteiger partial charge in [-0.15, -0.1) is 0 Å². The third-order valence-corrected chi connectivity index (χ3v) is 10.7. The quantitative estimate of drug-likeness (QED) is 0.218. The lowest BCUT2D eigenvalue weighted by atomic mass is 10.1. The second-order valence-electron chi connectivity index (χ2n) is 11.1. The summed E-state index contributed by atoms with van der Waals surface area (Å²) in [5, 5.41) is 2.78. The summed E-state index contributed by atoms with van der Waals surface area (Å²) in [5.74, 6) is -1.30. The highest BCUT2D eigenvalue weighted by atomic mass is 35.5. The maximum Gasteiger partial charge on any atom is 0.417 e. The van der Waals surface area contributed by atoms with Crippen LogP contribution in [0.25, 0.3) is 0 Å². The minimum Gasteiger partial charge on any atom is -0.352 e. The zero-order valence-corrected chi connectivity index (χ0v) is 28.2. The van der Waals surface area contributed by atoms with Crippen LogP contribution in [0.3, 0.4) is 0 Å². The second kappa shape index (κ2) is 14.8. The van der Waals surface area contributed by atoms with Crippen LogP contribution in [0, 0.1) is 6.92 Å². The molecule has 3 aromatic rings. The van der Waals surface area contributed by atoms with Gasteiger partial charge in [0.1, 0.15) is 12.6 Å². The minimum absolute atomic E-state index is 0.0735. The van der Waals surface area contributed by atoms with Gasteiger partial charge in [0, 0.05) is 28.2 Å². The first-order valence-electron chi connectivity index (χ1n) is 14.6. The number of aryl methyl sites for hydroxylation is 1. The summed E-state index contributed by atoms with van der Waals surface area (Å²) < 4.78 is 70.3. The van der Waals surface area contributed by atoms with Crippen LogP contribution in [0.15, 0.2) is 65.6 Å². The van der Waals surface area contributed by atoms with Gasteiger partial charge < -0.3 is 10.2 Å². The minimum atomic E-state index is -4.91. The molecule has 1 atom stereocenters. The Morgan fingerprint density at radius 3 is 2.13 bits per heavy atom. The maximum atomic E-state index is 14.3. The zero-order chi connectivity index (χ0) is 33.8. The van der Waals surface area contributed by atoms with Crippen LogP contribution in [0.4, 0.5) is 18.9 Å². The van der Waals surface area contributed by atoms with E-state index in [9.17, 15) is 31.2 Å². The van der Waals surface area contributed by atoms with Crippen molar-refractivity contribution in [3.8, 4) is 0 Å². The van der Waals surface area contributed by atoms with E-state index in [2.05, 4.69) is 5.32 Å². The van der Waals surface area contributed by atoms with Gasteiger partial charge in [-0.25, -0.2) is 8.42 Å². The van der Waals surface area contributed by atoms with Crippen molar-refractivity contribution in [1.82, 2.24) is 10.2 Å². The number of rotatable bonds is 11. The fourth-order valence-corrected chi connectivity index (χ4v) is 7.54. The number of hydrogen-bond donors (Lipinski definition) is 1. The van der Waals surface area contributed by atoms with E-state index in [1.165, 1.54) is 29.2 Å². The normalized spacial score (nSPS) is 14.6. The zero-order valence-electron chi connectivity index (χ0n) is 25.1. The van der Waals surface area contributed by atoms with Crippen molar-refractivity contribution in [3.63, 3.8) is 0 Å². The number of alkyl halides is 3. The number of halogens is 6. The van der Waals surface area contributed by atoms with Gasteiger partial charge in [0.15, 0.2) is 0 Å². The molecule has 1 saturated carbocycles. The predicted molar refractivity (Wildman–Crippen MR) is 174 cm³/mol. The molecule has 0 heterocycles. The molecular formula is C32H33Cl3F3N3O4S. The summed E-state index contributed by atoms with van der Waals surface area (Å²) >= 11 is 18.7. The van der Waals surface area contributed by atoms with E-state index in [-0.39, 0.29) is 33.9 Å². The number of carbonyl (C=O) groups excluding carboxylic acids is 2. The topological polar surface area (TPSA) is 86.8 Å². The molecule has 0 spiro atoms. The Labute approximate surface area is 281 Å². The third kappa shape index (κ3) is 8.29. The molecule has 1 aliphatic carbocycles. The fourth-order valence-electron chi connectivity index (χ4n) is 5.39. The van der Waals surface area contributed by atoms with Gasteiger partial charge in [0.05, 0.1) is 21.2 Å². The number of nitrogens with zero attached hydrogens (tertiary/aromatic N) is 2. The van der Waals surface area contributed by atoms with E-state index in [0.717, 1.165) is 43.4 Å². The Bertz CT molecular complexity index is 1660. The molecule has 248 valence electrons. The molecule has 0 bridgehead atoms. The van der Waals surface area contributed by atoms with Crippen LogP contribution in [0.5, 0.6) is 0 Å². The summed E-state index contributed by atoms with van der Waals surface area (Å²) in [4.78, 5) is 28.8. The molecule has 1 aliphatic rings. The number of carbonyl (C=O) groups is 2. The van der Waals surface area contributed by atoms with Crippen LogP contribution in [0.2, 0.25) is 15.1 Å². The van der Waals surface area contributed by atoms with Gasteiger partial charge in [0.25, 0.3) is 10.0 Å². The second-order valence-corrected chi connectivity index (χ2v) is 14.2. The lowest BCUT2D eigenvalue weighted by molar-refractivity contribution is -0.140. The van der Waals surface area contributed by atoms with E-state index in [0.29, 0.717) is 15.9 Å². The van der Waals surface area contributed by atoms with E-state index < -0.39 is 56.9 Å². The number of amides is 2. The molecule has 0 aliphatic heterocycles. The molecule has 3 aromatic carbocycles. The lowest BCUT2D eigenvalue weighted by Gasteiger charge is -2.34.